The average molecular weight is 330 g/mol. The number of thiophene rings is 1. The molecule has 0 spiro atoms. The van der Waals surface area contributed by atoms with E-state index in [9.17, 15) is 9.59 Å². The van der Waals surface area contributed by atoms with E-state index in [2.05, 4.69) is 0 Å². The molecule has 1 aromatic carbocycles. The van der Waals surface area contributed by atoms with Gasteiger partial charge in [0, 0.05) is 18.8 Å². The number of hydrogen-bond acceptors (Lipinski definition) is 4. The second-order valence-electron chi connectivity index (χ2n) is 5.34. The average Bonchev–Trinajstić information content (AvgIpc) is 3.11. The van der Waals surface area contributed by atoms with Gasteiger partial charge >= 0.3 is 0 Å². The van der Waals surface area contributed by atoms with Crippen molar-refractivity contribution < 1.29 is 14.3 Å². The monoisotopic (exact) mass is 330 g/mol. The molecule has 0 aliphatic carbocycles. The Labute approximate surface area is 139 Å². The molecule has 0 saturated carbocycles. The van der Waals surface area contributed by atoms with Crippen LogP contribution in [0.2, 0.25) is 0 Å². The molecule has 6 heteroatoms. The first-order chi connectivity index (χ1) is 11.1. The van der Waals surface area contributed by atoms with Crippen LogP contribution in [0.25, 0.3) is 0 Å². The van der Waals surface area contributed by atoms with Crippen LogP contribution in [0.4, 0.5) is 5.69 Å². The van der Waals surface area contributed by atoms with Gasteiger partial charge in [0.15, 0.2) is 0 Å². The van der Waals surface area contributed by atoms with E-state index in [1.165, 1.54) is 11.3 Å². The molecule has 1 aromatic heterocycles. The SMILES string of the molecule is COc1ccc(N2CCN(C(=O)c3cccs3)[C@H](C)C2=O)cc1. The van der Waals surface area contributed by atoms with E-state index in [0.29, 0.717) is 18.0 Å². The van der Waals surface area contributed by atoms with Crippen LogP contribution in [0.3, 0.4) is 0 Å². The van der Waals surface area contributed by atoms with Crippen molar-refractivity contribution in [2.75, 3.05) is 25.1 Å². The molecule has 2 aromatic rings. The summed E-state index contributed by atoms with van der Waals surface area (Å²) >= 11 is 1.40. The normalized spacial score (nSPS) is 18.2. The van der Waals surface area contributed by atoms with Crippen molar-refractivity contribution in [3.63, 3.8) is 0 Å². The first kappa shape index (κ1) is 15.6. The Balaban J connectivity index is 1.76. The lowest BCUT2D eigenvalue weighted by molar-refractivity contribution is -0.124. The van der Waals surface area contributed by atoms with Crippen LogP contribution >= 0.6 is 11.3 Å². The van der Waals surface area contributed by atoms with E-state index in [0.717, 1.165) is 11.4 Å². The first-order valence-corrected chi connectivity index (χ1v) is 8.29. The van der Waals surface area contributed by atoms with Gasteiger partial charge < -0.3 is 14.5 Å². The fraction of sp³-hybridized carbons (Fsp3) is 0.294. The minimum Gasteiger partial charge on any atom is -0.497 e. The molecule has 2 heterocycles. The van der Waals surface area contributed by atoms with Crippen LogP contribution in [0.15, 0.2) is 41.8 Å². The predicted octanol–water partition coefficient (Wildman–Crippen LogP) is 2.63. The second kappa shape index (κ2) is 6.42. The van der Waals surface area contributed by atoms with Crippen molar-refractivity contribution in [2.24, 2.45) is 0 Å². The molecule has 1 atom stereocenters. The van der Waals surface area contributed by atoms with E-state index in [1.54, 1.807) is 29.9 Å². The molecule has 1 aliphatic heterocycles. The van der Waals surface area contributed by atoms with Gasteiger partial charge in [0.25, 0.3) is 5.91 Å². The molecular formula is C17H18N2O3S. The molecule has 1 fully saturated rings. The topological polar surface area (TPSA) is 49.9 Å². The Bertz CT molecular complexity index is 697. The third-order valence-corrected chi connectivity index (χ3v) is 4.89. The van der Waals surface area contributed by atoms with Crippen molar-refractivity contribution in [1.82, 2.24) is 4.90 Å². The van der Waals surface area contributed by atoms with Gasteiger partial charge in [0.2, 0.25) is 5.91 Å². The Morgan fingerprint density at radius 1 is 1.22 bits per heavy atom. The van der Waals surface area contributed by atoms with Crippen LogP contribution < -0.4 is 9.64 Å². The third-order valence-electron chi connectivity index (χ3n) is 4.03. The lowest BCUT2D eigenvalue weighted by atomic mass is 10.1. The number of anilines is 1. The molecule has 0 bridgehead atoms. The number of carbonyl (C=O) groups excluding carboxylic acids is 2. The van der Waals surface area contributed by atoms with Gasteiger partial charge in [0.1, 0.15) is 11.8 Å². The Morgan fingerprint density at radius 3 is 2.57 bits per heavy atom. The molecule has 0 N–H and O–H groups in total. The molecular weight excluding hydrogens is 312 g/mol. The fourth-order valence-corrected chi connectivity index (χ4v) is 3.39. The summed E-state index contributed by atoms with van der Waals surface area (Å²) in [6.45, 7) is 2.80. The predicted molar refractivity (Wildman–Crippen MR) is 90.2 cm³/mol. The van der Waals surface area contributed by atoms with Crippen molar-refractivity contribution in [3.05, 3.63) is 46.7 Å². The highest BCUT2D eigenvalue weighted by molar-refractivity contribution is 7.12. The Kier molecular flexibility index (Phi) is 4.34. The van der Waals surface area contributed by atoms with Crippen LogP contribution in [0.5, 0.6) is 5.75 Å². The van der Waals surface area contributed by atoms with Gasteiger partial charge in [-0.15, -0.1) is 11.3 Å². The van der Waals surface area contributed by atoms with E-state index < -0.39 is 6.04 Å². The molecule has 0 radical (unpaired) electrons. The van der Waals surface area contributed by atoms with E-state index in [4.69, 9.17) is 4.74 Å². The zero-order valence-electron chi connectivity index (χ0n) is 13.1. The zero-order valence-corrected chi connectivity index (χ0v) is 13.9. The molecule has 5 nitrogen and oxygen atoms in total. The summed E-state index contributed by atoms with van der Waals surface area (Å²) in [4.78, 5) is 29.2. The highest BCUT2D eigenvalue weighted by Gasteiger charge is 2.35. The highest BCUT2D eigenvalue weighted by atomic mass is 32.1. The van der Waals surface area contributed by atoms with E-state index >= 15 is 0 Å². The van der Waals surface area contributed by atoms with Crippen LogP contribution in [-0.4, -0.2) is 43.0 Å². The number of rotatable bonds is 3. The number of methoxy groups -OCH3 is 1. The summed E-state index contributed by atoms with van der Waals surface area (Å²) in [6.07, 6.45) is 0. The number of nitrogens with zero attached hydrogens (tertiary/aromatic N) is 2. The number of hydrogen-bond donors (Lipinski definition) is 0. The molecule has 120 valence electrons. The smallest absolute Gasteiger partial charge is 0.264 e. The number of piperazine rings is 1. The summed E-state index contributed by atoms with van der Waals surface area (Å²) < 4.78 is 5.14. The molecule has 1 aliphatic rings. The van der Waals surface area contributed by atoms with Crippen molar-refractivity contribution in [2.45, 2.75) is 13.0 Å². The number of ether oxygens (including phenoxy) is 1. The number of benzene rings is 1. The van der Waals surface area contributed by atoms with Gasteiger partial charge in [-0.2, -0.15) is 0 Å². The lowest BCUT2D eigenvalue weighted by Gasteiger charge is -2.39. The second-order valence-corrected chi connectivity index (χ2v) is 6.29. The summed E-state index contributed by atoms with van der Waals surface area (Å²) in [5.41, 5.74) is 0.825. The van der Waals surface area contributed by atoms with Crippen molar-refractivity contribution in [3.8, 4) is 5.75 Å². The van der Waals surface area contributed by atoms with Crippen LogP contribution in [-0.2, 0) is 4.79 Å². The maximum atomic E-state index is 12.7. The summed E-state index contributed by atoms with van der Waals surface area (Å²) in [6, 6.07) is 10.5. The summed E-state index contributed by atoms with van der Waals surface area (Å²) in [7, 11) is 1.61. The minimum absolute atomic E-state index is 0.0636. The number of carbonyl (C=O) groups is 2. The van der Waals surface area contributed by atoms with Crippen LogP contribution in [0, 0.1) is 0 Å². The van der Waals surface area contributed by atoms with Crippen LogP contribution in [0.1, 0.15) is 16.6 Å². The third kappa shape index (κ3) is 2.94. The Morgan fingerprint density at radius 2 is 1.96 bits per heavy atom. The summed E-state index contributed by atoms with van der Waals surface area (Å²) in [5, 5.41) is 1.87. The standard InChI is InChI=1S/C17H18N2O3S/c1-12-16(20)19(13-5-7-14(22-2)8-6-13)10-9-18(12)17(21)15-4-3-11-23-15/h3-8,11-12H,9-10H2,1-2H3/t12-/m1/s1. The lowest BCUT2D eigenvalue weighted by Crippen LogP contribution is -2.57. The van der Waals surface area contributed by atoms with Crippen molar-refractivity contribution >= 4 is 28.8 Å². The molecule has 2 amide bonds. The number of amides is 2. The van der Waals surface area contributed by atoms with Crippen molar-refractivity contribution in [1.29, 1.82) is 0 Å². The van der Waals surface area contributed by atoms with E-state index in [1.807, 2.05) is 35.7 Å². The maximum Gasteiger partial charge on any atom is 0.264 e. The largest absolute Gasteiger partial charge is 0.497 e. The molecule has 3 rings (SSSR count). The minimum atomic E-state index is -0.472. The van der Waals surface area contributed by atoms with Gasteiger partial charge in [-0.25, -0.2) is 0 Å². The van der Waals surface area contributed by atoms with Gasteiger partial charge in [-0.3, -0.25) is 9.59 Å². The molecule has 23 heavy (non-hydrogen) atoms. The fourth-order valence-electron chi connectivity index (χ4n) is 2.71. The molecule has 0 unspecified atom stereocenters. The van der Waals surface area contributed by atoms with Gasteiger partial charge in [-0.05, 0) is 42.6 Å². The first-order valence-electron chi connectivity index (χ1n) is 7.41. The maximum absolute atomic E-state index is 12.7. The van der Waals surface area contributed by atoms with Gasteiger partial charge in [-0.1, -0.05) is 6.07 Å². The van der Waals surface area contributed by atoms with Gasteiger partial charge in [0.05, 0.1) is 12.0 Å². The summed E-state index contributed by atoms with van der Waals surface area (Å²) in [5.74, 6) is 0.613. The zero-order chi connectivity index (χ0) is 16.4. The highest BCUT2D eigenvalue weighted by Crippen LogP contribution is 2.24. The molecule has 1 saturated heterocycles. The quantitative estimate of drug-likeness (QED) is 0.869. The Hall–Kier alpha value is -2.34. The van der Waals surface area contributed by atoms with E-state index in [-0.39, 0.29) is 11.8 Å².